The summed E-state index contributed by atoms with van der Waals surface area (Å²) in [4.78, 5) is 25.5. The van der Waals surface area contributed by atoms with Gasteiger partial charge in [-0.25, -0.2) is 4.79 Å². The lowest BCUT2D eigenvalue weighted by molar-refractivity contribution is -0.116. The lowest BCUT2D eigenvalue weighted by atomic mass is 10.0. The molecular formula is C18H23N5O2. The van der Waals surface area contributed by atoms with Crippen LogP contribution in [0.2, 0.25) is 0 Å². The van der Waals surface area contributed by atoms with Crippen LogP contribution in [0.4, 0.5) is 16.2 Å². The molecule has 25 heavy (non-hydrogen) atoms. The number of benzene rings is 1. The second kappa shape index (κ2) is 7.79. The van der Waals surface area contributed by atoms with E-state index in [9.17, 15) is 9.59 Å². The number of nitrogens with one attached hydrogen (secondary N) is 2. The molecule has 0 saturated heterocycles. The van der Waals surface area contributed by atoms with Crippen molar-refractivity contribution in [3.8, 4) is 12.3 Å². The molecule has 1 aliphatic rings. The van der Waals surface area contributed by atoms with Crippen molar-refractivity contribution < 1.29 is 9.59 Å². The van der Waals surface area contributed by atoms with Gasteiger partial charge < -0.3 is 15.5 Å². The van der Waals surface area contributed by atoms with Gasteiger partial charge in [0.25, 0.3) is 0 Å². The Kier molecular flexibility index (Phi) is 5.75. The summed E-state index contributed by atoms with van der Waals surface area (Å²) in [7, 11) is 3.33. The van der Waals surface area contributed by atoms with Crippen molar-refractivity contribution in [3.63, 3.8) is 0 Å². The summed E-state index contributed by atoms with van der Waals surface area (Å²) >= 11 is 0. The molecule has 0 saturated carbocycles. The number of nitrogens with zero attached hydrogens (tertiary/aromatic N) is 3. The lowest BCUT2D eigenvalue weighted by Crippen LogP contribution is -2.27. The molecular weight excluding hydrogens is 318 g/mol. The molecule has 1 heterocycles. The minimum Gasteiger partial charge on any atom is -0.331 e. The van der Waals surface area contributed by atoms with Gasteiger partial charge in [0.2, 0.25) is 5.91 Å². The third-order valence-corrected chi connectivity index (χ3v) is 4.06. The molecule has 7 heteroatoms. The lowest BCUT2D eigenvalue weighted by Gasteiger charge is -2.16. The summed E-state index contributed by atoms with van der Waals surface area (Å²) in [5.41, 5.74) is 1.67. The van der Waals surface area contributed by atoms with Gasteiger partial charge in [0.05, 0.1) is 0 Å². The van der Waals surface area contributed by atoms with E-state index in [1.165, 1.54) is 4.90 Å². The van der Waals surface area contributed by atoms with Crippen molar-refractivity contribution in [3.05, 3.63) is 23.8 Å². The maximum atomic E-state index is 12.2. The third-order valence-electron chi connectivity index (χ3n) is 4.06. The average Bonchev–Trinajstić information content (AvgIpc) is 3.35. The van der Waals surface area contributed by atoms with Crippen molar-refractivity contribution in [1.82, 2.24) is 4.90 Å². The number of rotatable bonds is 7. The molecule has 7 nitrogen and oxygen atoms in total. The molecule has 0 spiro atoms. The molecule has 132 valence electrons. The summed E-state index contributed by atoms with van der Waals surface area (Å²) in [6.45, 7) is 1.85. The molecule has 3 amide bonds. The number of hydrogen-bond donors (Lipinski definition) is 2. The Morgan fingerprint density at radius 3 is 2.40 bits per heavy atom. The molecule has 0 fully saturated rings. The van der Waals surface area contributed by atoms with Gasteiger partial charge in [-0.15, -0.1) is 12.3 Å². The van der Waals surface area contributed by atoms with Crippen molar-refractivity contribution >= 4 is 23.3 Å². The molecule has 1 aliphatic heterocycles. The average molecular weight is 341 g/mol. The molecule has 0 aromatic heterocycles. The number of urea groups is 1. The van der Waals surface area contributed by atoms with Crippen molar-refractivity contribution in [2.45, 2.75) is 38.3 Å². The molecule has 1 aromatic rings. The summed E-state index contributed by atoms with van der Waals surface area (Å²) in [6, 6.07) is 5.16. The van der Waals surface area contributed by atoms with Crippen molar-refractivity contribution in [2.24, 2.45) is 10.2 Å². The highest BCUT2D eigenvalue weighted by molar-refractivity contribution is 5.95. The molecule has 2 rings (SSSR count). The van der Waals surface area contributed by atoms with E-state index >= 15 is 0 Å². The Hall–Kier alpha value is -2.88. The first kappa shape index (κ1) is 18.5. The zero-order valence-electron chi connectivity index (χ0n) is 14.8. The van der Waals surface area contributed by atoms with E-state index < -0.39 is 5.66 Å². The highest BCUT2D eigenvalue weighted by Gasteiger charge is 2.39. The van der Waals surface area contributed by atoms with E-state index in [-0.39, 0.29) is 11.9 Å². The Morgan fingerprint density at radius 2 is 1.84 bits per heavy atom. The second-order valence-corrected chi connectivity index (χ2v) is 6.24. The second-order valence-electron chi connectivity index (χ2n) is 6.24. The van der Waals surface area contributed by atoms with Crippen LogP contribution in [0.15, 0.2) is 28.4 Å². The van der Waals surface area contributed by atoms with E-state index in [1.807, 2.05) is 6.92 Å². The monoisotopic (exact) mass is 341 g/mol. The maximum Gasteiger partial charge on any atom is 0.321 e. The van der Waals surface area contributed by atoms with Crippen LogP contribution in [-0.2, 0) is 4.79 Å². The van der Waals surface area contributed by atoms with Gasteiger partial charge >= 0.3 is 6.03 Å². The highest BCUT2D eigenvalue weighted by Crippen LogP contribution is 2.37. The fourth-order valence-corrected chi connectivity index (χ4v) is 2.33. The summed E-state index contributed by atoms with van der Waals surface area (Å²) in [6.07, 6.45) is 7.40. The van der Waals surface area contributed by atoms with Gasteiger partial charge in [-0.3, -0.25) is 4.79 Å². The standard InChI is InChI=1S/C18H23N5O2/c1-5-6-11-18(21-22-18)12-10-16(24)19-14-8-7-9-15(13(14)2)20-17(25)23(3)4/h1,7-9H,6,10-12H2,2-4H3,(H,19,24)(H,20,25). The number of amides is 3. The first-order valence-electron chi connectivity index (χ1n) is 8.12. The predicted molar refractivity (Wildman–Crippen MR) is 97.4 cm³/mol. The Bertz CT molecular complexity index is 727. The summed E-state index contributed by atoms with van der Waals surface area (Å²) in [5.74, 6) is 2.46. The predicted octanol–water partition coefficient (Wildman–Crippen LogP) is 3.38. The molecule has 0 aliphatic carbocycles. The summed E-state index contributed by atoms with van der Waals surface area (Å²) in [5, 5.41) is 13.7. The normalized spacial score (nSPS) is 13.7. The molecule has 1 aromatic carbocycles. The van der Waals surface area contributed by atoms with Crippen LogP contribution >= 0.6 is 0 Å². The topological polar surface area (TPSA) is 86.2 Å². The molecule has 0 bridgehead atoms. The van der Waals surface area contributed by atoms with Crippen LogP contribution in [0.5, 0.6) is 0 Å². The van der Waals surface area contributed by atoms with Gasteiger partial charge in [-0.1, -0.05) is 6.07 Å². The van der Waals surface area contributed by atoms with Gasteiger partial charge in [0, 0.05) is 51.2 Å². The number of anilines is 2. The van der Waals surface area contributed by atoms with Gasteiger partial charge in [-0.2, -0.15) is 10.2 Å². The fourth-order valence-electron chi connectivity index (χ4n) is 2.33. The first-order chi connectivity index (χ1) is 11.9. The minimum atomic E-state index is -0.458. The molecule has 0 unspecified atom stereocenters. The van der Waals surface area contributed by atoms with Gasteiger partial charge in [0.1, 0.15) is 0 Å². The highest BCUT2D eigenvalue weighted by atomic mass is 16.2. The summed E-state index contributed by atoms with van der Waals surface area (Å²) < 4.78 is 0. The zero-order valence-corrected chi connectivity index (χ0v) is 14.8. The van der Waals surface area contributed by atoms with Crippen LogP contribution in [0, 0.1) is 19.3 Å². The SMILES string of the molecule is C#CCCC1(CCC(=O)Nc2cccc(NC(=O)N(C)C)c2C)N=N1. The van der Waals surface area contributed by atoms with Crippen LogP contribution in [0.1, 0.15) is 31.2 Å². The first-order valence-corrected chi connectivity index (χ1v) is 8.12. The van der Waals surface area contributed by atoms with E-state index in [1.54, 1.807) is 32.3 Å². The maximum absolute atomic E-state index is 12.2. The smallest absolute Gasteiger partial charge is 0.321 e. The molecule has 2 N–H and O–H groups in total. The largest absolute Gasteiger partial charge is 0.331 e. The fraction of sp³-hybridized carbons (Fsp3) is 0.444. The van der Waals surface area contributed by atoms with E-state index in [4.69, 9.17) is 6.42 Å². The van der Waals surface area contributed by atoms with E-state index in [0.717, 1.165) is 5.56 Å². The third kappa shape index (κ3) is 5.05. The van der Waals surface area contributed by atoms with Crippen LogP contribution < -0.4 is 10.6 Å². The van der Waals surface area contributed by atoms with E-state index in [0.29, 0.717) is 37.1 Å². The Labute approximate surface area is 147 Å². The quantitative estimate of drug-likeness (QED) is 0.745. The Morgan fingerprint density at radius 1 is 1.20 bits per heavy atom. The minimum absolute atomic E-state index is 0.114. The van der Waals surface area contributed by atoms with Crippen LogP contribution in [-0.4, -0.2) is 36.6 Å². The number of hydrogen-bond acceptors (Lipinski definition) is 4. The number of carbonyl (C=O) groups excluding carboxylic acids is 2. The number of terminal acetylenes is 1. The molecule has 0 radical (unpaired) electrons. The van der Waals surface area contributed by atoms with E-state index in [2.05, 4.69) is 26.8 Å². The van der Waals surface area contributed by atoms with Crippen LogP contribution in [0.25, 0.3) is 0 Å². The van der Waals surface area contributed by atoms with Crippen molar-refractivity contribution in [2.75, 3.05) is 24.7 Å². The number of carbonyl (C=O) groups is 2. The van der Waals surface area contributed by atoms with Crippen LogP contribution in [0.3, 0.4) is 0 Å². The van der Waals surface area contributed by atoms with Gasteiger partial charge in [-0.05, 0) is 24.6 Å². The molecule has 0 atom stereocenters. The van der Waals surface area contributed by atoms with Gasteiger partial charge in [0.15, 0.2) is 5.66 Å². The van der Waals surface area contributed by atoms with Crippen molar-refractivity contribution in [1.29, 1.82) is 0 Å². The Balaban J connectivity index is 1.93. The zero-order chi connectivity index (χ0) is 18.4.